The van der Waals surface area contributed by atoms with E-state index in [1.807, 2.05) is 6.92 Å². The molecule has 0 bridgehead atoms. The molecule has 1 aromatic carbocycles. The van der Waals surface area contributed by atoms with Crippen molar-refractivity contribution in [2.45, 2.75) is 32.7 Å². The van der Waals surface area contributed by atoms with Gasteiger partial charge < -0.3 is 10.6 Å². The SMILES string of the molecule is CCNC(=NCCc1c(F)cccc1F)NC1CC1C.I. The van der Waals surface area contributed by atoms with Crippen LogP contribution in [-0.2, 0) is 6.42 Å². The molecule has 1 fully saturated rings. The summed E-state index contributed by atoms with van der Waals surface area (Å²) >= 11 is 0. The Labute approximate surface area is 141 Å². The summed E-state index contributed by atoms with van der Waals surface area (Å²) in [6.45, 7) is 5.29. The summed E-state index contributed by atoms with van der Waals surface area (Å²) in [6, 6.07) is 4.39. The van der Waals surface area contributed by atoms with E-state index < -0.39 is 11.6 Å². The van der Waals surface area contributed by atoms with Gasteiger partial charge in [0.05, 0.1) is 0 Å². The molecule has 1 aliphatic rings. The lowest BCUT2D eigenvalue weighted by Crippen LogP contribution is -2.39. The lowest BCUT2D eigenvalue weighted by Gasteiger charge is -2.11. The Balaban J connectivity index is 0.00000220. The van der Waals surface area contributed by atoms with Crippen molar-refractivity contribution in [3.05, 3.63) is 35.4 Å². The number of halogens is 3. The summed E-state index contributed by atoms with van der Waals surface area (Å²) < 4.78 is 26.9. The summed E-state index contributed by atoms with van der Waals surface area (Å²) in [7, 11) is 0. The van der Waals surface area contributed by atoms with Crippen LogP contribution in [0.1, 0.15) is 25.8 Å². The zero-order valence-electron chi connectivity index (χ0n) is 12.3. The molecule has 0 aromatic heterocycles. The first-order valence-electron chi connectivity index (χ1n) is 7.09. The molecule has 3 nitrogen and oxygen atoms in total. The van der Waals surface area contributed by atoms with Crippen molar-refractivity contribution in [2.75, 3.05) is 13.1 Å². The lowest BCUT2D eigenvalue weighted by molar-refractivity contribution is 0.555. The van der Waals surface area contributed by atoms with Gasteiger partial charge in [-0.3, -0.25) is 4.99 Å². The minimum atomic E-state index is -0.506. The Hall–Kier alpha value is -0.920. The van der Waals surface area contributed by atoms with Crippen LogP contribution in [0.25, 0.3) is 0 Å². The molecule has 0 saturated heterocycles. The van der Waals surface area contributed by atoms with E-state index in [-0.39, 0.29) is 36.0 Å². The van der Waals surface area contributed by atoms with Gasteiger partial charge in [0.2, 0.25) is 0 Å². The fourth-order valence-electron chi connectivity index (χ4n) is 2.07. The predicted molar refractivity (Wildman–Crippen MR) is 92.2 cm³/mol. The number of rotatable bonds is 5. The molecule has 2 N–H and O–H groups in total. The first-order valence-corrected chi connectivity index (χ1v) is 7.09. The molecular formula is C15H22F2IN3. The highest BCUT2D eigenvalue weighted by Gasteiger charge is 2.33. The van der Waals surface area contributed by atoms with Crippen molar-refractivity contribution in [1.29, 1.82) is 0 Å². The molecular weight excluding hydrogens is 387 g/mol. The first kappa shape index (κ1) is 18.1. The smallest absolute Gasteiger partial charge is 0.191 e. The average molecular weight is 409 g/mol. The van der Waals surface area contributed by atoms with Gasteiger partial charge in [-0.2, -0.15) is 0 Å². The second-order valence-electron chi connectivity index (χ2n) is 5.17. The van der Waals surface area contributed by atoms with Gasteiger partial charge in [0.25, 0.3) is 0 Å². The predicted octanol–water partition coefficient (Wildman–Crippen LogP) is 3.09. The van der Waals surface area contributed by atoms with Gasteiger partial charge in [-0.1, -0.05) is 13.0 Å². The molecule has 1 aromatic rings. The van der Waals surface area contributed by atoms with E-state index in [1.54, 1.807) is 0 Å². The van der Waals surface area contributed by atoms with Crippen LogP contribution < -0.4 is 10.6 Å². The van der Waals surface area contributed by atoms with Crippen molar-refractivity contribution >= 4 is 29.9 Å². The van der Waals surface area contributed by atoms with E-state index in [9.17, 15) is 8.78 Å². The van der Waals surface area contributed by atoms with Crippen molar-refractivity contribution in [1.82, 2.24) is 10.6 Å². The molecule has 0 radical (unpaired) electrons. The standard InChI is InChI=1S/C15H21F2N3.HI/c1-3-18-15(20-14-9-10(14)2)19-8-7-11-12(16)5-4-6-13(11)17;/h4-6,10,14H,3,7-9H2,1-2H3,(H2,18,19,20);1H. The molecule has 1 aliphatic carbocycles. The number of hydrogen-bond acceptors (Lipinski definition) is 1. The van der Waals surface area contributed by atoms with E-state index in [2.05, 4.69) is 22.5 Å². The number of aliphatic imine (C=N–C) groups is 1. The highest BCUT2D eigenvalue weighted by atomic mass is 127. The second kappa shape index (κ2) is 8.51. The molecule has 2 rings (SSSR count). The third-order valence-electron chi connectivity index (χ3n) is 3.47. The lowest BCUT2D eigenvalue weighted by atomic mass is 10.1. The molecule has 21 heavy (non-hydrogen) atoms. The number of guanidine groups is 1. The summed E-state index contributed by atoms with van der Waals surface area (Å²) in [5.41, 5.74) is 0.104. The van der Waals surface area contributed by atoms with Crippen LogP contribution >= 0.6 is 24.0 Å². The molecule has 6 heteroatoms. The van der Waals surface area contributed by atoms with Crippen LogP contribution in [0, 0.1) is 17.6 Å². The van der Waals surface area contributed by atoms with E-state index >= 15 is 0 Å². The van der Waals surface area contributed by atoms with E-state index in [4.69, 9.17) is 0 Å². The van der Waals surface area contributed by atoms with E-state index in [0.29, 0.717) is 18.5 Å². The second-order valence-corrected chi connectivity index (χ2v) is 5.17. The molecule has 2 unspecified atom stereocenters. The monoisotopic (exact) mass is 409 g/mol. The van der Waals surface area contributed by atoms with Crippen LogP contribution in [0.2, 0.25) is 0 Å². The molecule has 0 spiro atoms. The molecule has 0 amide bonds. The van der Waals surface area contributed by atoms with Crippen molar-refractivity contribution < 1.29 is 8.78 Å². The molecule has 118 valence electrons. The first-order chi connectivity index (χ1) is 9.61. The summed E-state index contributed by atoms with van der Waals surface area (Å²) in [6.07, 6.45) is 1.40. The van der Waals surface area contributed by atoms with Gasteiger partial charge in [0, 0.05) is 24.7 Å². The van der Waals surface area contributed by atoms with Crippen LogP contribution in [0.15, 0.2) is 23.2 Å². The van der Waals surface area contributed by atoms with Gasteiger partial charge in [0.15, 0.2) is 5.96 Å². The van der Waals surface area contributed by atoms with Crippen molar-refractivity contribution in [2.24, 2.45) is 10.9 Å². The Morgan fingerprint density at radius 3 is 2.48 bits per heavy atom. The molecule has 2 atom stereocenters. The number of nitrogens with zero attached hydrogens (tertiary/aromatic N) is 1. The van der Waals surface area contributed by atoms with Gasteiger partial charge in [-0.15, -0.1) is 24.0 Å². The fourth-order valence-corrected chi connectivity index (χ4v) is 2.07. The van der Waals surface area contributed by atoms with Crippen LogP contribution in [0.5, 0.6) is 0 Å². The Kier molecular flexibility index (Phi) is 7.34. The van der Waals surface area contributed by atoms with Crippen LogP contribution in [-0.4, -0.2) is 25.1 Å². The minimum Gasteiger partial charge on any atom is -0.357 e. The number of benzene rings is 1. The molecule has 0 heterocycles. The maximum absolute atomic E-state index is 13.5. The summed E-state index contributed by atoms with van der Waals surface area (Å²) in [5, 5.41) is 6.45. The van der Waals surface area contributed by atoms with Gasteiger partial charge in [-0.25, -0.2) is 8.78 Å². The fraction of sp³-hybridized carbons (Fsp3) is 0.533. The Morgan fingerprint density at radius 1 is 1.33 bits per heavy atom. The average Bonchev–Trinajstić information content (AvgIpc) is 3.08. The number of hydrogen-bond donors (Lipinski definition) is 2. The summed E-state index contributed by atoms with van der Waals surface area (Å²) in [4.78, 5) is 4.37. The van der Waals surface area contributed by atoms with Gasteiger partial charge >= 0.3 is 0 Å². The molecule has 1 saturated carbocycles. The third kappa shape index (κ3) is 5.41. The van der Waals surface area contributed by atoms with Crippen LogP contribution in [0.3, 0.4) is 0 Å². The summed E-state index contributed by atoms with van der Waals surface area (Å²) in [5.74, 6) is 0.379. The Morgan fingerprint density at radius 2 is 1.95 bits per heavy atom. The number of nitrogens with one attached hydrogen (secondary N) is 2. The van der Waals surface area contributed by atoms with Crippen molar-refractivity contribution in [3.63, 3.8) is 0 Å². The van der Waals surface area contributed by atoms with Crippen LogP contribution in [0.4, 0.5) is 8.78 Å². The van der Waals surface area contributed by atoms with Crippen molar-refractivity contribution in [3.8, 4) is 0 Å². The zero-order chi connectivity index (χ0) is 14.5. The minimum absolute atomic E-state index is 0. The molecule has 0 aliphatic heterocycles. The van der Waals surface area contributed by atoms with E-state index in [1.165, 1.54) is 18.2 Å². The third-order valence-corrected chi connectivity index (χ3v) is 3.47. The maximum atomic E-state index is 13.5. The van der Waals surface area contributed by atoms with Gasteiger partial charge in [0.1, 0.15) is 11.6 Å². The largest absolute Gasteiger partial charge is 0.357 e. The maximum Gasteiger partial charge on any atom is 0.191 e. The van der Waals surface area contributed by atoms with Gasteiger partial charge in [-0.05, 0) is 37.8 Å². The highest BCUT2D eigenvalue weighted by Crippen LogP contribution is 2.28. The normalized spacial score (nSPS) is 20.7. The zero-order valence-corrected chi connectivity index (χ0v) is 14.7. The Bertz CT molecular complexity index is 474. The highest BCUT2D eigenvalue weighted by molar-refractivity contribution is 14.0. The quantitative estimate of drug-likeness (QED) is 0.446. The van der Waals surface area contributed by atoms with E-state index in [0.717, 1.165) is 18.9 Å². The topological polar surface area (TPSA) is 36.4 Å².